The van der Waals surface area contributed by atoms with Crippen molar-refractivity contribution in [3.05, 3.63) is 42.5 Å². The molecule has 15 heavy (non-hydrogen) atoms. The molecule has 80 valence electrons. The van der Waals surface area contributed by atoms with Gasteiger partial charge < -0.3 is 9.64 Å². The van der Waals surface area contributed by atoms with E-state index in [9.17, 15) is 0 Å². The van der Waals surface area contributed by atoms with Gasteiger partial charge in [0.2, 0.25) is 0 Å². The normalized spacial score (nSPS) is 9.53. The molecule has 0 amide bonds. The van der Waals surface area contributed by atoms with Crippen molar-refractivity contribution in [1.82, 2.24) is 0 Å². The topological polar surface area (TPSA) is 12.5 Å². The van der Waals surface area contributed by atoms with E-state index in [1.54, 1.807) is 7.11 Å². The van der Waals surface area contributed by atoms with Crippen molar-refractivity contribution < 1.29 is 4.74 Å². The summed E-state index contributed by atoms with van der Waals surface area (Å²) in [6.07, 6.45) is 1.81. The highest BCUT2D eigenvalue weighted by molar-refractivity contribution is 5.72. The van der Waals surface area contributed by atoms with Gasteiger partial charge in [0.25, 0.3) is 0 Å². The van der Waals surface area contributed by atoms with E-state index < -0.39 is 0 Å². The molecule has 0 unspecified atom stereocenters. The second-order valence-corrected chi connectivity index (χ2v) is 3.50. The monoisotopic (exact) mass is 203 g/mol. The highest BCUT2D eigenvalue weighted by Gasteiger charge is 2.05. The fraction of sp³-hybridized carbons (Fsp3) is 0.231. The largest absolute Gasteiger partial charge is 0.497 e. The maximum absolute atomic E-state index is 5.12. The Kier molecular flexibility index (Phi) is 3.56. The first-order valence-electron chi connectivity index (χ1n) is 4.77. The fourth-order valence-corrected chi connectivity index (χ4v) is 1.36. The first-order valence-corrected chi connectivity index (χ1v) is 4.77. The van der Waals surface area contributed by atoms with Gasteiger partial charge in [0.15, 0.2) is 0 Å². The Morgan fingerprint density at radius 3 is 2.53 bits per heavy atom. The summed E-state index contributed by atoms with van der Waals surface area (Å²) < 4.78 is 5.12. The molecule has 0 spiro atoms. The molecule has 0 aliphatic carbocycles. The zero-order chi connectivity index (χ0) is 11.4. The van der Waals surface area contributed by atoms with Crippen LogP contribution in [0.1, 0.15) is 11.1 Å². The minimum atomic E-state index is 0.662. The Balaban J connectivity index is 3.20. The molecule has 0 radical (unpaired) electrons. The van der Waals surface area contributed by atoms with E-state index in [4.69, 9.17) is 4.74 Å². The van der Waals surface area contributed by atoms with Crippen molar-refractivity contribution in [3.63, 3.8) is 0 Å². The number of nitrogens with zero attached hydrogens (tertiary/aromatic N) is 1. The van der Waals surface area contributed by atoms with Crippen LogP contribution in [-0.2, 0) is 4.74 Å². The quantitative estimate of drug-likeness (QED) is 0.697. The number of ether oxygens (including phenoxy) is 1. The first-order chi connectivity index (χ1) is 7.10. The van der Waals surface area contributed by atoms with Gasteiger partial charge in [-0.1, -0.05) is 19.2 Å². The van der Waals surface area contributed by atoms with E-state index in [0.717, 1.165) is 16.8 Å². The molecular weight excluding hydrogens is 186 g/mol. The van der Waals surface area contributed by atoms with Crippen molar-refractivity contribution in [2.75, 3.05) is 26.1 Å². The van der Waals surface area contributed by atoms with Gasteiger partial charge in [0.05, 0.1) is 7.11 Å². The molecule has 0 aliphatic heterocycles. The summed E-state index contributed by atoms with van der Waals surface area (Å²) in [4.78, 5) is 2.05. The second-order valence-electron chi connectivity index (χ2n) is 3.50. The lowest BCUT2D eigenvalue weighted by Crippen LogP contribution is -2.08. The maximum Gasteiger partial charge on any atom is 0.119 e. The summed E-state index contributed by atoms with van der Waals surface area (Å²) in [6.45, 7) is 7.64. The third-order valence-electron chi connectivity index (χ3n) is 2.32. The summed E-state index contributed by atoms with van der Waals surface area (Å²) in [5.74, 6) is 0.662. The van der Waals surface area contributed by atoms with Crippen LogP contribution in [0.4, 0.5) is 5.69 Å². The highest BCUT2D eigenvalue weighted by Crippen LogP contribution is 2.24. The molecule has 0 heterocycles. The summed E-state index contributed by atoms with van der Waals surface area (Å²) in [5, 5.41) is 0. The van der Waals surface area contributed by atoms with Gasteiger partial charge in [0.1, 0.15) is 5.76 Å². The Morgan fingerprint density at radius 1 is 1.40 bits per heavy atom. The molecule has 1 aromatic rings. The summed E-state index contributed by atoms with van der Waals surface area (Å²) in [7, 11) is 5.63. The minimum Gasteiger partial charge on any atom is -0.497 e. The van der Waals surface area contributed by atoms with Crippen molar-refractivity contribution in [2.45, 2.75) is 0 Å². The molecule has 0 saturated heterocycles. The Morgan fingerprint density at radius 2 is 2.07 bits per heavy atom. The lowest BCUT2D eigenvalue weighted by Gasteiger charge is -2.15. The van der Waals surface area contributed by atoms with E-state index in [2.05, 4.69) is 19.2 Å². The second kappa shape index (κ2) is 4.69. The molecule has 0 atom stereocenters. The van der Waals surface area contributed by atoms with Crippen molar-refractivity contribution in [1.29, 1.82) is 0 Å². The zero-order valence-electron chi connectivity index (χ0n) is 9.58. The Labute approximate surface area is 91.5 Å². The standard InChI is InChI=1S/C13H17NO/c1-6-11-9-12(14(3)4)7-8-13(11)10(2)15-5/h6-9H,1-2H2,3-5H3. The van der Waals surface area contributed by atoms with Gasteiger partial charge in [-0.05, 0) is 23.8 Å². The molecule has 0 saturated carbocycles. The van der Waals surface area contributed by atoms with Gasteiger partial charge in [-0.25, -0.2) is 0 Å². The molecule has 1 aromatic carbocycles. The van der Waals surface area contributed by atoms with E-state index >= 15 is 0 Å². The van der Waals surface area contributed by atoms with Gasteiger partial charge in [-0.15, -0.1) is 0 Å². The molecule has 0 fully saturated rings. The van der Waals surface area contributed by atoms with E-state index in [1.165, 1.54) is 0 Å². The average molecular weight is 203 g/mol. The van der Waals surface area contributed by atoms with Crippen molar-refractivity contribution in [2.24, 2.45) is 0 Å². The SMILES string of the molecule is C=Cc1cc(N(C)C)ccc1C(=C)OC. The predicted molar refractivity (Wildman–Crippen MR) is 66.9 cm³/mol. The first kappa shape index (κ1) is 11.4. The number of benzene rings is 1. The summed E-state index contributed by atoms with van der Waals surface area (Å²) >= 11 is 0. The summed E-state index contributed by atoms with van der Waals surface area (Å²) in [6, 6.07) is 6.09. The van der Waals surface area contributed by atoms with Crippen LogP contribution in [-0.4, -0.2) is 21.2 Å². The van der Waals surface area contributed by atoms with Crippen LogP contribution in [0, 0.1) is 0 Å². The minimum absolute atomic E-state index is 0.662. The van der Waals surface area contributed by atoms with E-state index in [1.807, 2.05) is 37.2 Å². The Bertz CT molecular complexity index is 380. The average Bonchev–Trinajstić information content (AvgIpc) is 2.27. The number of methoxy groups -OCH3 is 1. The van der Waals surface area contributed by atoms with E-state index in [-0.39, 0.29) is 0 Å². The van der Waals surface area contributed by atoms with Crippen LogP contribution in [0.2, 0.25) is 0 Å². The summed E-state index contributed by atoms with van der Waals surface area (Å²) in [5.41, 5.74) is 3.16. The zero-order valence-corrected chi connectivity index (χ0v) is 9.58. The van der Waals surface area contributed by atoms with Crippen LogP contribution in [0.25, 0.3) is 11.8 Å². The fourth-order valence-electron chi connectivity index (χ4n) is 1.36. The number of anilines is 1. The molecule has 0 aliphatic rings. The van der Waals surface area contributed by atoms with Crippen LogP contribution < -0.4 is 4.90 Å². The lowest BCUT2D eigenvalue weighted by molar-refractivity contribution is 0.371. The number of hydrogen-bond donors (Lipinski definition) is 0. The highest BCUT2D eigenvalue weighted by atomic mass is 16.5. The molecular formula is C13H17NO. The van der Waals surface area contributed by atoms with Crippen LogP contribution in [0.15, 0.2) is 31.4 Å². The van der Waals surface area contributed by atoms with E-state index in [0.29, 0.717) is 5.76 Å². The number of hydrogen-bond acceptors (Lipinski definition) is 2. The van der Waals surface area contributed by atoms with Crippen LogP contribution >= 0.6 is 0 Å². The van der Waals surface area contributed by atoms with Gasteiger partial charge in [-0.3, -0.25) is 0 Å². The number of rotatable bonds is 4. The van der Waals surface area contributed by atoms with Crippen LogP contribution in [0.5, 0.6) is 0 Å². The Hall–Kier alpha value is -1.70. The van der Waals surface area contributed by atoms with Crippen molar-refractivity contribution >= 4 is 17.5 Å². The molecule has 1 rings (SSSR count). The van der Waals surface area contributed by atoms with Gasteiger partial charge >= 0.3 is 0 Å². The molecule has 0 N–H and O–H groups in total. The predicted octanol–water partition coefficient (Wildman–Crippen LogP) is 3.01. The molecule has 0 bridgehead atoms. The molecule has 2 heteroatoms. The van der Waals surface area contributed by atoms with Crippen molar-refractivity contribution in [3.8, 4) is 0 Å². The third kappa shape index (κ3) is 2.40. The third-order valence-corrected chi connectivity index (χ3v) is 2.32. The molecule has 2 nitrogen and oxygen atoms in total. The maximum atomic E-state index is 5.12. The van der Waals surface area contributed by atoms with Gasteiger partial charge in [0, 0.05) is 25.3 Å². The van der Waals surface area contributed by atoms with Gasteiger partial charge in [-0.2, -0.15) is 0 Å². The lowest BCUT2D eigenvalue weighted by atomic mass is 10.0. The van der Waals surface area contributed by atoms with Crippen LogP contribution in [0.3, 0.4) is 0 Å². The molecule has 0 aromatic heterocycles. The smallest absolute Gasteiger partial charge is 0.119 e.